The van der Waals surface area contributed by atoms with Gasteiger partial charge < -0.3 is 35.0 Å². The minimum atomic E-state index is -1.46. The summed E-state index contributed by atoms with van der Waals surface area (Å²) in [6.45, 7) is -0.773. The van der Waals surface area contributed by atoms with Crippen LogP contribution in [-0.2, 0) is 9.47 Å². The molecule has 2 rings (SSSR count). The molecule has 7 nitrogen and oxygen atoms in total. The summed E-state index contributed by atoms with van der Waals surface area (Å²) in [5.74, 6) is 0.0776. The Hall–Kier alpha value is -1.22. The third kappa shape index (κ3) is 3.26. The first-order valence-electron chi connectivity index (χ1n) is 6.24. The molecule has 0 amide bonds. The predicted molar refractivity (Wildman–Crippen MR) is 66.8 cm³/mol. The fourth-order valence-corrected chi connectivity index (χ4v) is 1.97. The highest BCUT2D eigenvalue weighted by Crippen LogP contribution is 2.27. The third-order valence-corrected chi connectivity index (χ3v) is 3.19. The highest BCUT2D eigenvalue weighted by atomic mass is 16.7. The van der Waals surface area contributed by atoms with Gasteiger partial charge in [0, 0.05) is 5.56 Å². The van der Waals surface area contributed by atoms with E-state index in [9.17, 15) is 25.5 Å². The van der Waals surface area contributed by atoms with Crippen LogP contribution in [0.2, 0.25) is 0 Å². The Morgan fingerprint density at radius 1 is 1.05 bits per heavy atom. The molecule has 1 aliphatic rings. The number of aromatic hydroxyl groups is 1. The first-order chi connectivity index (χ1) is 9.52. The van der Waals surface area contributed by atoms with Crippen LogP contribution >= 0.6 is 0 Å². The van der Waals surface area contributed by atoms with Crippen LogP contribution in [0.3, 0.4) is 0 Å². The van der Waals surface area contributed by atoms with Gasteiger partial charge in [0.05, 0.1) is 13.2 Å². The smallest absolute Gasteiger partial charge is 0.184 e. The lowest BCUT2D eigenvalue weighted by Crippen LogP contribution is -2.51. The molecule has 1 unspecified atom stereocenters. The molecule has 5 atom stereocenters. The first kappa shape index (κ1) is 15.2. The lowest BCUT2D eigenvalue weighted by atomic mass is 10.0. The Bertz CT molecular complexity index is 421. The highest BCUT2D eigenvalue weighted by Gasteiger charge is 2.36. The Labute approximate surface area is 115 Å². The molecule has 0 radical (unpaired) electrons. The number of hydrogen-bond donors (Lipinski definition) is 5. The molecular weight excluding hydrogens is 268 g/mol. The van der Waals surface area contributed by atoms with E-state index in [1.165, 1.54) is 12.1 Å². The van der Waals surface area contributed by atoms with Crippen molar-refractivity contribution in [3.63, 3.8) is 0 Å². The van der Waals surface area contributed by atoms with Gasteiger partial charge in [0.25, 0.3) is 0 Å². The molecule has 1 aromatic carbocycles. The summed E-state index contributed by atoms with van der Waals surface area (Å²) in [4.78, 5) is 0. The Morgan fingerprint density at radius 3 is 2.30 bits per heavy atom. The van der Waals surface area contributed by atoms with Gasteiger partial charge in [0.15, 0.2) is 6.29 Å². The number of phenols is 1. The molecule has 5 N–H and O–H groups in total. The Morgan fingerprint density at radius 2 is 1.70 bits per heavy atom. The van der Waals surface area contributed by atoms with Gasteiger partial charge in [-0.1, -0.05) is 12.1 Å². The van der Waals surface area contributed by atoms with Gasteiger partial charge in [-0.3, -0.25) is 0 Å². The molecule has 0 aromatic heterocycles. The second-order valence-corrected chi connectivity index (χ2v) is 4.66. The van der Waals surface area contributed by atoms with Gasteiger partial charge in [-0.05, 0) is 12.1 Å². The maximum absolute atomic E-state index is 9.83. The molecule has 1 heterocycles. The lowest BCUT2D eigenvalue weighted by Gasteiger charge is -2.34. The lowest BCUT2D eigenvalue weighted by molar-refractivity contribution is -0.256. The van der Waals surface area contributed by atoms with Crippen molar-refractivity contribution < 1.29 is 35.0 Å². The maximum Gasteiger partial charge on any atom is 0.184 e. The fraction of sp³-hybridized carbons (Fsp3) is 0.538. The van der Waals surface area contributed by atoms with Crippen molar-refractivity contribution >= 4 is 0 Å². The third-order valence-electron chi connectivity index (χ3n) is 3.19. The van der Waals surface area contributed by atoms with Gasteiger partial charge in [0.2, 0.25) is 0 Å². The van der Waals surface area contributed by atoms with Crippen molar-refractivity contribution in [3.8, 4) is 5.75 Å². The zero-order valence-corrected chi connectivity index (χ0v) is 10.7. The second kappa shape index (κ2) is 6.49. The quantitative estimate of drug-likeness (QED) is 0.467. The van der Waals surface area contributed by atoms with Crippen LogP contribution in [0.5, 0.6) is 5.75 Å². The monoisotopic (exact) mass is 286 g/mol. The number of aliphatic hydroxyl groups excluding tert-OH is 4. The Kier molecular flexibility index (Phi) is 4.92. The minimum Gasteiger partial charge on any atom is -0.508 e. The first-order valence-corrected chi connectivity index (χ1v) is 6.24. The van der Waals surface area contributed by atoms with E-state index in [-0.39, 0.29) is 12.4 Å². The normalized spacial score (nSPS) is 35.3. The van der Waals surface area contributed by atoms with Crippen molar-refractivity contribution in [2.75, 3.05) is 13.2 Å². The van der Waals surface area contributed by atoms with E-state index in [1.54, 1.807) is 12.1 Å². The highest BCUT2D eigenvalue weighted by molar-refractivity contribution is 5.26. The van der Waals surface area contributed by atoms with Crippen molar-refractivity contribution in [3.05, 3.63) is 29.8 Å². The van der Waals surface area contributed by atoms with Crippen molar-refractivity contribution in [1.82, 2.24) is 0 Å². The van der Waals surface area contributed by atoms with Gasteiger partial charge in [-0.2, -0.15) is 0 Å². The van der Waals surface area contributed by atoms with E-state index >= 15 is 0 Å². The fourth-order valence-electron chi connectivity index (χ4n) is 1.97. The van der Waals surface area contributed by atoms with E-state index in [2.05, 4.69) is 0 Å². The SMILES string of the molecule is OC[C@H]1OC(c2ccc(O)cc2)OC[C@H](O)[C@@H](O)[C@@H]1O. The van der Waals surface area contributed by atoms with E-state index in [0.717, 1.165) is 0 Å². The number of benzene rings is 1. The predicted octanol–water partition coefficient (Wildman–Crippen LogP) is -1.12. The standard InChI is InChI=1S/C13H18O7/c14-5-10-12(18)11(17)9(16)6-19-13(20-10)7-1-3-8(15)4-2-7/h1-4,9-18H,5-6H2/t9-,10+,11+,12+,13?/m0/s1. The van der Waals surface area contributed by atoms with Gasteiger partial charge >= 0.3 is 0 Å². The van der Waals surface area contributed by atoms with Crippen molar-refractivity contribution in [2.24, 2.45) is 0 Å². The molecule has 7 heteroatoms. The average Bonchev–Trinajstić information content (AvgIpc) is 2.46. The van der Waals surface area contributed by atoms with Crippen LogP contribution in [-0.4, -0.2) is 63.2 Å². The van der Waals surface area contributed by atoms with Crippen LogP contribution in [0.1, 0.15) is 11.9 Å². The number of hydrogen-bond acceptors (Lipinski definition) is 7. The average molecular weight is 286 g/mol. The van der Waals surface area contributed by atoms with Crippen LogP contribution in [0, 0.1) is 0 Å². The van der Waals surface area contributed by atoms with E-state index in [0.29, 0.717) is 5.56 Å². The van der Waals surface area contributed by atoms with E-state index in [4.69, 9.17) is 9.47 Å². The number of rotatable bonds is 2. The molecule has 0 spiro atoms. The molecule has 0 bridgehead atoms. The molecule has 1 fully saturated rings. The van der Waals surface area contributed by atoms with Gasteiger partial charge in [-0.25, -0.2) is 0 Å². The number of ether oxygens (including phenoxy) is 2. The molecule has 112 valence electrons. The van der Waals surface area contributed by atoms with E-state index in [1.807, 2.05) is 0 Å². The summed E-state index contributed by atoms with van der Waals surface area (Å²) in [5, 5.41) is 47.6. The van der Waals surface area contributed by atoms with Crippen LogP contribution in [0.25, 0.3) is 0 Å². The Balaban J connectivity index is 2.19. The number of aliphatic hydroxyl groups is 4. The molecule has 1 saturated heterocycles. The summed E-state index contributed by atoms with van der Waals surface area (Å²) in [6.07, 6.45) is -6.21. The zero-order valence-electron chi connectivity index (χ0n) is 10.7. The van der Waals surface area contributed by atoms with Crippen LogP contribution in [0.4, 0.5) is 0 Å². The van der Waals surface area contributed by atoms with Crippen molar-refractivity contribution in [2.45, 2.75) is 30.7 Å². The molecule has 0 aliphatic carbocycles. The number of phenolic OH excluding ortho intramolecular Hbond substituents is 1. The molecule has 20 heavy (non-hydrogen) atoms. The molecule has 1 aromatic rings. The zero-order chi connectivity index (χ0) is 14.7. The van der Waals surface area contributed by atoms with Gasteiger partial charge in [-0.15, -0.1) is 0 Å². The molecule has 1 aliphatic heterocycles. The summed E-state index contributed by atoms with van der Waals surface area (Å²) in [7, 11) is 0. The van der Waals surface area contributed by atoms with Crippen LogP contribution < -0.4 is 0 Å². The summed E-state index contributed by atoms with van der Waals surface area (Å²) >= 11 is 0. The summed E-state index contributed by atoms with van der Waals surface area (Å²) < 4.78 is 10.8. The minimum absolute atomic E-state index is 0.0776. The van der Waals surface area contributed by atoms with Crippen molar-refractivity contribution in [1.29, 1.82) is 0 Å². The van der Waals surface area contributed by atoms with Crippen LogP contribution in [0.15, 0.2) is 24.3 Å². The maximum atomic E-state index is 9.83. The topological polar surface area (TPSA) is 120 Å². The van der Waals surface area contributed by atoms with E-state index < -0.39 is 37.3 Å². The second-order valence-electron chi connectivity index (χ2n) is 4.66. The summed E-state index contributed by atoms with van der Waals surface area (Å²) in [5.41, 5.74) is 0.553. The largest absolute Gasteiger partial charge is 0.508 e. The molecule has 0 saturated carbocycles. The molecular formula is C13H18O7. The van der Waals surface area contributed by atoms with Gasteiger partial charge in [0.1, 0.15) is 30.2 Å². The summed E-state index contributed by atoms with van der Waals surface area (Å²) in [6, 6.07) is 6.00.